The van der Waals surface area contributed by atoms with E-state index in [9.17, 15) is 13.2 Å². The third kappa shape index (κ3) is 2.61. The summed E-state index contributed by atoms with van der Waals surface area (Å²) in [6, 6.07) is 8.55. The number of hydrogen-bond donors (Lipinski definition) is 1. The van der Waals surface area contributed by atoms with Gasteiger partial charge in [0.05, 0.1) is 5.56 Å². The number of hydrogen-bond acceptors (Lipinski definition) is 3. The fraction of sp³-hybridized carbons (Fsp3) is 0.0714. The van der Waals surface area contributed by atoms with Crippen LogP contribution in [0.25, 0.3) is 22.6 Å². The van der Waals surface area contributed by atoms with Gasteiger partial charge in [-0.15, -0.1) is 0 Å². The lowest BCUT2D eigenvalue weighted by Gasteiger charge is -2.10. The molecular formula is C14H8BrF3N2O. The van der Waals surface area contributed by atoms with Crippen LogP contribution in [0.2, 0.25) is 0 Å². The minimum absolute atomic E-state index is 0.0876. The second kappa shape index (κ2) is 4.77. The predicted molar refractivity (Wildman–Crippen MR) is 76.6 cm³/mol. The number of rotatable bonds is 1. The zero-order chi connectivity index (χ0) is 15.2. The van der Waals surface area contributed by atoms with Crippen molar-refractivity contribution in [3.8, 4) is 11.5 Å². The molecule has 0 spiro atoms. The highest BCUT2D eigenvalue weighted by molar-refractivity contribution is 9.10. The lowest BCUT2D eigenvalue weighted by Crippen LogP contribution is -2.07. The maximum absolute atomic E-state index is 13.1. The van der Waals surface area contributed by atoms with Crippen LogP contribution in [0, 0.1) is 0 Å². The van der Waals surface area contributed by atoms with Gasteiger partial charge >= 0.3 is 6.18 Å². The molecule has 0 saturated carbocycles. The quantitative estimate of drug-likeness (QED) is 0.633. The largest absolute Gasteiger partial charge is 0.436 e. The minimum Gasteiger partial charge on any atom is -0.436 e. The van der Waals surface area contributed by atoms with Gasteiger partial charge in [0.15, 0.2) is 5.58 Å². The summed E-state index contributed by atoms with van der Waals surface area (Å²) in [6.07, 6.45) is -4.50. The molecule has 0 saturated heterocycles. The molecule has 3 aromatic rings. The molecule has 0 radical (unpaired) electrons. The Labute approximate surface area is 125 Å². The number of benzene rings is 2. The van der Waals surface area contributed by atoms with Crippen LogP contribution in [-0.2, 0) is 6.18 Å². The van der Waals surface area contributed by atoms with Gasteiger partial charge in [0, 0.05) is 15.7 Å². The summed E-state index contributed by atoms with van der Waals surface area (Å²) < 4.78 is 45.1. The summed E-state index contributed by atoms with van der Waals surface area (Å²) in [5.74, 6) is -0.0876. The van der Waals surface area contributed by atoms with Crippen molar-refractivity contribution < 1.29 is 17.6 Å². The van der Waals surface area contributed by atoms with Crippen LogP contribution in [0.1, 0.15) is 5.56 Å². The molecule has 1 aromatic heterocycles. The number of halogens is 4. The van der Waals surface area contributed by atoms with Crippen LogP contribution < -0.4 is 5.73 Å². The van der Waals surface area contributed by atoms with Gasteiger partial charge in [-0.3, -0.25) is 0 Å². The third-order valence-corrected chi connectivity index (χ3v) is 3.42. The van der Waals surface area contributed by atoms with E-state index in [-0.39, 0.29) is 11.5 Å². The maximum atomic E-state index is 13.1. The van der Waals surface area contributed by atoms with Crippen molar-refractivity contribution in [2.45, 2.75) is 6.18 Å². The Balaban J connectivity index is 2.22. The third-order valence-electron chi connectivity index (χ3n) is 2.93. The van der Waals surface area contributed by atoms with Gasteiger partial charge in [-0.2, -0.15) is 13.2 Å². The van der Waals surface area contributed by atoms with E-state index < -0.39 is 11.7 Å². The van der Waals surface area contributed by atoms with Gasteiger partial charge in [-0.1, -0.05) is 15.9 Å². The predicted octanol–water partition coefficient (Wildman–Crippen LogP) is 4.86. The maximum Gasteiger partial charge on any atom is 0.417 e. The van der Waals surface area contributed by atoms with E-state index in [2.05, 4.69) is 20.9 Å². The normalized spacial score (nSPS) is 12.0. The summed E-state index contributed by atoms with van der Waals surface area (Å²) >= 11 is 3.04. The first-order valence-electron chi connectivity index (χ1n) is 5.88. The number of nitrogens with zero attached hydrogens (tertiary/aromatic N) is 1. The van der Waals surface area contributed by atoms with Crippen molar-refractivity contribution in [3.63, 3.8) is 0 Å². The number of fused-ring (bicyclic) bond motifs is 1. The molecule has 1 heterocycles. The molecule has 0 atom stereocenters. The zero-order valence-corrected chi connectivity index (χ0v) is 12.0. The number of nitrogen functional groups attached to an aromatic ring is 1. The average Bonchev–Trinajstić information content (AvgIpc) is 2.80. The van der Waals surface area contributed by atoms with Crippen LogP contribution in [0.4, 0.5) is 18.9 Å². The lowest BCUT2D eigenvalue weighted by atomic mass is 10.1. The number of nitrogens with two attached hydrogens (primary N) is 1. The second-order valence-electron chi connectivity index (χ2n) is 4.43. The van der Waals surface area contributed by atoms with E-state index in [1.54, 1.807) is 18.2 Å². The van der Waals surface area contributed by atoms with Gasteiger partial charge < -0.3 is 10.2 Å². The van der Waals surface area contributed by atoms with Gasteiger partial charge in [0.2, 0.25) is 5.89 Å². The Morgan fingerprint density at radius 1 is 1.10 bits per heavy atom. The standard InChI is InChI=1S/C14H8BrF3N2O/c15-7-1-3-9(10(5-7)14(16,17)18)13-20-11-6-8(19)2-4-12(11)21-13/h1-6H,19H2. The monoisotopic (exact) mass is 356 g/mol. The number of aromatic nitrogens is 1. The van der Waals surface area contributed by atoms with Crippen molar-refractivity contribution >= 4 is 32.7 Å². The molecule has 3 nitrogen and oxygen atoms in total. The van der Waals surface area contributed by atoms with E-state index in [4.69, 9.17) is 10.2 Å². The molecule has 2 N–H and O–H groups in total. The molecule has 0 aliphatic heterocycles. The van der Waals surface area contributed by atoms with Crippen molar-refractivity contribution in [1.82, 2.24) is 4.98 Å². The number of alkyl halides is 3. The Morgan fingerprint density at radius 3 is 2.57 bits per heavy atom. The van der Waals surface area contributed by atoms with Crippen LogP contribution in [0.15, 0.2) is 45.3 Å². The first-order chi connectivity index (χ1) is 9.84. The van der Waals surface area contributed by atoms with Gasteiger partial charge in [-0.25, -0.2) is 4.98 Å². The molecule has 3 rings (SSSR count). The molecular weight excluding hydrogens is 349 g/mol. The molecule has 0 bridgehead atoms. The molecule has 7 heteroatoms. The van der Waals surface area contributed by atoms with Crippen LogP contribution in [0.3, 0.4) is 0 Å². The van der Waals surface area contributed by atoms with Crippen molar-refractivity contribution in [2.75, 3.05) is 5.73 Å². The van der Waals surface area contributed by atoms with E-state index in [0.29, 0.717) is 21.3 Å². The summed E-state index contributed by atoms with van der Waals surface area (Å²) in [6.45, 7) is 0. The van der Waals surface area contributed by atoms with Crippen LogP contribution in [-0.4, -0.2) is 4.98 Å². The van der Waals surface area contributed by atoms with E-state index in [1.165, 1.54) is 12.1 Å². The van der Waals surface area contributed by atoms with Crippen molar-refractivity contribution in [2.24, 2.45) is 0 Å². The highest BCUT2D eigenvalue weighted by Gasteiger charge is 2.35. The highest BCUT2D eigenvalue weighted by atomic mass is 79.9. The zero-order valence-electron chi connectivity index (χ0n) is 10.4. The molecule has 21 heavy (non-hydrogen) atoms. The molecule has 0 aliphatic carbocycles. The highest BCUT2D eigenvalue weighted by Crippen LogP contribution is 2.39. The minimum atomic E-state index is -4.50. The summed E-state index contributed by atoms with van der Waals surface area (Å²) in [4.78, 5) is 4.09. The number of oxazole rings is 1. The van der Waals surface area contributed by atoms with E-state index >= 15 is 0 Å². The Bertz CT molecular complexity index is 827. The molecule has 0 amide bonds. The molecule has 0 aliphatic rings. The Morgan fingerprint density at radius 2 is 1.86 bits per heavy atom. The second-order valence-corrected chi connectivity index (χ2v) is 5.35. The molecule has 0 unspecified atom stereocenters. The topological polar surface area (TPSA) is 52.0 Å². The average molecular weight is 357 g/mol. The molecule has 2 aromatic carbocycles. The first kappa shape index (κ1) is 13.9. The smallest absolute Gasteiger partial charge is 0.417 e. The summed E-state index contributed by atoms with van der Waals surface area (Å²) in [7, 11) is 0. The SMILES string of the molecule is Nc1ccc2oc(-c3ccc(Br)cc3C(F)(F)F)nc2c1. The molecule has 0 fully saturated rings. The van der Waals surface area contributed by atoms with Crippen LogP contribution >= 0.6 is 15.9 Å². The van der Waals surface area contributed by atoms with Crippen molar-refractivity contribution in [1.29, 1.82) is 0 Å². The van der Waals surface area contributed by atoms with Crippen LogP contribution in [0.5, 0.6) is 0 Å². The van der Waals surface area contributed by atoms with E-state index in [1.807, 2.05) is 0 Å². The van der Waals surface area contributed by atoms with Gasteiger partial charge in [0.25, 0.3) is 0 Å². The fourth-order valence-corrected chi connectivity index (χ4v) is 2.36. The van der Waals surface area contributed by atoms with Gasteiger partial charge in [0.1, 0.15) is 5.52 Å². The Hall–Kier alpha value is -2.02. The molecule has 108 valence electrons. The number of anilines is 1. The summed E-state index contributed by atoms with van der Waals surface area (Å²) in [5.41, 5.74) is 5.97. The Kier molecular flexibility index (Phi) is 3.16. The fourth-order valence-electron chi connectivity index (χ4n) is 2.00. The van der Waals surface area contributed by atoms with E-state index in [0.717, 1.165) is 6.07 Å². The van der Waals surface area contributed by atoms with Crippen molar-refractivity contribution in [3.05, 3.63) is 46.4 Å². The van der Waals surface area contributed by atoms with Gasteiger partial charge in [-0.05, 0) is 36.4 Å². The lowest BCUT2D eigenvalue weighted by molar-refractivity contribution is -0.137. The first-order valence-corrected chi connectivity index (χ1v) is 6.67. The summed E-state index contributed by atoms with van der Waals surface area (Å²) in [5, 5.41) is 0.